The Balaban J connectivity index is -0.000000234. The molecule has 1 aromatic carbocycles. The molecule has 0 amide bonds. The first kappa shape index (κ1) is 23.7. The SMILES string of the molecule is CC.CC.CC(C)(C)OC(=O)CN.Cc1ccccc1. The van der Waals surface area contributed by atoms with Crippen LogP contribution in [0.2, 0.25) is 0 Å². The number of esters is 1. The number of ether oxygens (including phenoxy) is 1. The molecular formula is C17H33NO2. The fourth-order valence-corrected chi connectivity index (χ4v) is 0.918. The molecule has 1 aromatic rings. The van der Waals surface area contributed by atoms with E-state index in [2.05, 4.69) is 19.1 Å². The van der Waals surface area contributed by atoms with Gasteiger partial charge in [-0.3, -0.25) is 4.79 Å². The number of hydrogen-bond donors (Lipinski definition) is 1. The average Bonchev–Trinajstić information content (AvgIpc) is 2.43. The van der Waals surface area contributed by atoms with E-state index in [1.807, 2.05) is 45.9 Å². The van der Waals surface area contributed by atoms with Crippen LogP contribution in [0.25, 0.3) is 0 Å². The van der Waals surface area contributed by atoms with Gasteiger partial charge in [-0.15, -0.1) is 0 Å². The minimum atomic E-state index is -0.406. The molecule has 3 heteroatoms. The second-order valence-electron chi connectivity index (χ2n) is 4.45. The van der Waals surface area contributed by atoms with Gasteiger partial charge in [0.25, 0.3) is 0 Å². The summed E-state index contributed by atoms with van der Waals surface area (Å²) in [6, 6.07) is 10.3. The number of carbonyl (C=O) groups excluding carboxylic acids is 1. The first-order chi connectivity index (χ1) is 9.35. The van der Waals surface area contributed by atoms with Gasteiger partial charge in [-0.25, -0.2) is 0 Å². The topological polar surface area (TPSA) is 52.3 Å². The summed E-state index contributed by atoms with van der Waals surface area (Å²) in [6.45, 7) is 15.5. The molecule has 0 aromatic heterocycles. The maximum Gasteiger partial charge on any atom is 0.320 e. The van der Waals surface area contributed by atoms with E-state index < -0.39 is 5.60 Å². The van der Waals surface area contributed by atoms with Gasteiger partial charge < -0.3 is 10.5 Å². The van der Waals surface area contributed by atoms with E-state index in [0.717, 1.165) is 0 Å². The standard InChI is InChI=1S/C7H8.C6H13NO2.2C2H6/c1-7-5-3-2-4-6-7;1-6(2,3)9-5(8)4-7;2*1-2/h2-6H,1H3;4,7H2,1-3H3;2*1-2H3. The first-order valence-electron chi connectivity index (χ1n) is 7.28. The summed E-state index contributed by atoms with van der Waals surface area (Å²) in [7, 11) is 0. The van der Waals surface area contributed by atoms with Crippen molar-refractivity contribution in [1.29, 1.82) is 0 Å². The Labute approximate surface area is 125 Å². The van der Waals surface area contributed by atoms with Crippen molar-refractivity contribution < 1.29 is 9.53 Å². The van der Waals surface area contributed by atoms with Gasteiger partial charge in [-0.05, 0) is 27.7 Å². The normalized spacial score (nSPS) is 8.65. The maximum atomic E-state index is 10.5. The molecule has 0 unspecified atom stereocenters. The van der Waals surface area contributed by atoms with Crippen LogP contribution in [0.3, 0.4) is 0 Å². The van der Waals surface area contributed by atoms with Crippen LogP contribution in [0.4, 0.5) is 0 Å². The molecule has 2 N–H and O–H groups in total. The van der Waals surface area contributed by atoms with Crippen LogP contribution in [0, 0.1) is 6.92 Å². The Morgan fingerprint density at radius 2 is 1.45 bits per heavy atom. The largest absolute Gasteiger partial charge is 0.459 e. The highest BCUT2D eigenvalue weighted by atomic mass is 16.6. The quantitative estimate of drug-likeness (QED) is 0.780. The van der Waals surface area contributed by atoms with Gasteiger partial charge in [-0.2, -0.15) is 0 Å². The molecule has 0 aliphatic carbocycles. The van der Waals surface area contributed by atoms with E-state index in [1.165, 1.54) is 5.56 Å². The zero-order valence-corrected chi connectivity index (χ0v) is 14.5. The van der Waals surface area contributed by atoms with E-state index in [4.69, 9.17) is 10.5 Å². The maximum absolute atomic E-state index is 10.5. The first-order valence-corrected chi connectivity index (χ1v) is 7.28. The Morgan fingerprint density at radius 3 is 1.60 bits per heavy atom. The fourth-order valence-electron chi connectivity index (χ4n) is 0.918. The molecule has 0 radical (unpaired) electrons. The van der Waals surface area contributed by atoms with Crippen LogP contribution >= 0.6 is 0 Å². The minimum absolute atomic E-state index is 0.0444. The molecule has 0 bridgehead atoms. The van der Waals surface area contributed by atoms with Crippen molar-refractivity contribution in [1.82, 2.24) is 0 Å². The summed E-state index contributed by atoms with van der Waals surface area (Å²) in [4.78, 5) is 10.5. The Bertz CT molecular complexity index is 303. The number of hydrogen-bond acceptors (Lipinski definition) is 3. The monoisotopic (exact) mass is 283 g/mol. The minimum Gasteiger partial charge on any atom is -0.459 e. The predicted octanol–water partition coefficient (Wildman–Crippen LogP) is 4.33. The van der Waals surface area contributed by atoms with Gasteiger partial charge >= 0.3 is 5.97 Å². The third-order valence-corrected chi connectivity index (χ3v) is 1.53. The molecular weight excluding hydrogens is 250 g/mol. The van der Waals surface area contributed by atoms with Crippen molar-refractivity contribution in [2.75, 3.05) is 6.54 Å². The summed E-state index contributed by atoms with van der Waals surface area (Å²) in [5, 5.41) is 0. The molecule has 0 saturated heterocycles. The zero-order valence-electron chi connectivity index (χ0n) is 14.5. The van der Waals surface area contributed by atoms with Gasteiger partial charge in [0.15, 0.2) is 0 Å². The Kier molecular flexibility index (Phi) is 18.6. The third kappa shape index (κ3) is 21.9. The zero-order chi connectivity index (χ0) is 16.6. The Morgan fingerprint density at radius 1 is 1.05 bits per heavy atom. The molecule has 20 heavy (non-hydrogen) atoms. The van der Waals surface area contributed by atoms with Gasteiger partial charge in [0, 0.05) is 0 Å². The number of nitrogens with two attached hydrogens (primary N) is 1. The number of aryl methyl sites for hydroxylation is 1. The van der Waals surface area contributed by atoms with Crippen molar-refractivity contribution >= 4 is 5.97 Å². The molecule has 0 spiro atoms. The number of carbonyl (C=O) groups is 1. The lowest BCUT2D eigenvalue weighted by Crippen LogP contribution is -2.28. The molecule has 0 heterocycles. The molecule has 0 aliphatic heterocycles. The summed E-state index contributed by atoms with van der Waals surface area (Å²) in [5.41, 5.74) is 5.92. The second-order valence-corrected chi connectivity index (χ2v) is 4.45. The predicted molar refractivity (Wildman–Crippen MR) is 88.8 cm³/mol. The summed E-state index contributed by atoms with van der Waals surface area (Å²) >= 11 is 0. The van der Waals surface area contributed by atoms with Crippen LogP contribution in [0.5, 0.6) is 0 Å². The van der Waals surface area contributed by atoms with Crippen molar-refractivity contribution in [2.45, 2.75) is 61.0 Å². The lowest BCUT2D eigenvalue weighted by Gasteiger charge is -2.18. The highest BCUT2D eigenvalue weighted by Crippen LogP contribution is 2.05. The lowest BCUT2D eigenvalue weighted by molar-refractivity contribution is -0.152. The van der Waals surface area contributed by atoms with E-state index in [-0.39, 0.29) is 12.5 Å². The van der Waals surface area contributed by atoms with Crippen molar-refractivity contribution in [2.24, 2.45) is 5.73 Å². The molecule has 1 rings (SSSR count). The summed E-state index contributed by atoms with van der Waals surface area (Å²) in [6.07, 6.45) is 0. The summed E-state index contributed by atoms with van der Waals surface area (Å²) in [5.74, 6) is -0.359. The molecule has 0 atom stereocenters. The van der Waals surface area contributed by atoms with Gasteiger partial charge in [-0.1, -0.05) is 63.6 Å². The Hall–Kier alpha value is -1.35. The lowest BCUT2D eigenvalue weighted by atomic mass is 10.2. The smallest absolute Gasteiger partial charge is 0.320 e. The van der Waals surface area contributed by atoms with Crippen molar-refractivity contribution in [3.8, 4) is 0 Å². The van der Waals surface area contributed by atoms with E-state index in [0.29, 0.717) is 0 Å². The average molecular weight is 283 g/mol. The molecule has 0 fully saturated rings. The van der Waals surface area contributed by atoms with Crippen molar-refractivity contribution in [3.05, 3.63) is 35.9 Å². The molecule has 0 aliphatic rings. The molecule has 118 valence electrons. The van der Waals surface area contributed by atoms with Crippen LogP contribution in [-0.2, 0) is 9.53 Å². The summed E-state index contributed by atoms with van der Waals surface area (Å²) < 4.78 is 4.82. The third-order valence-electron chi connectivity index (χ3n) is 1.53. The van der Waals surface area contributed by atoms with Crippen molar-refractivity contribution in [3.63, 3.8) is 0 Å². The van der Waals surface area contributed by atoms with E-state index in [9.17, 15) is 4.79 Å². The highest BCUT2D eigenvalue weighted by molar-refractivity contribution is 5.71. The highest BCUT2D eigenvalue weighted by Gasteiger charge is 2.13. The van der Waals surface area contributed by atoms with Crippen LogP contribution < -0.4 is 5.73 Å². The van der Waals surface area contributed by atoms with Crippen LogP contribution in [0.1, 0.15) is 54.0 Å². The van der Waals surface area contributed by atoms with E-state index in [1.54, 1.807) is 20.8 Å². The number of benzene rings is 1. The van der Waals surface area contributed by atoms with Gasteiger partial charge in [0.1, 0.15) is 5.60 Å². The molecule has 0 saturated carbocycles. The number of rotatable bonds is 1. The molecule has 3 nitrogen and oxygen atoms in total. The van der Waals surface area contributed by atoms with Crippen LogP contribution in [0.15, 0.2) is 30.3 Å². The van der Waals surface area contributed by atoms with Gasteiger partial charge in [0.2, 0.25) is 0 Å². The van der Waals surface area contributed by atoms with Crippen LogP contribution in [-0.4, -0.2) is 18.1 Å². The van der Waals surface area contributed by atoms with Gasteiger partial charge in [0.05, 0.1) is 6.54 Å². The van der Waals surface area contributed by atoms with E-state index >= 15 is 0 Å². The second kappa shape index (κ2) is 15.7. The fraction of sp³-hybridized carbons (Fsp3) is 0.588.